The Morgan fingerprint density at radius 3 is 2.85 bits per heavy atom. The highest BCUT2D eigenvalue weighted by molar-refractivity contribution is 8.04. The molecule has 0 saturated heterocycles. The van der Waals surface area contributed by atoms with E-state index >= 15 is 0 Å². The molecule has 1 aliphatic carbocycles. The Hall–Kier alpha value is -3.06. The number of rotatable bonds is 5. The van der Waals surface area contributed by atoms with Crippen LogP contribution in [0.25, 0.3) is 5.70 Å². The van der Waals surface area contributed by atoms with Crippen LogP contribution in [-0.4, -0.2) is 29.8 Å². The molecule has 172 valence electrons. The zero-order chi connectivity index (χ0) is 23.5. The van der Waals surface area contributed by atoms with Crippen molar-refractivity contribution < 1.29 is 13.6 Å². The smallest absolute Gasteiger partial charge is 0.261 e. The van der Waals surface area contributed by atoms with Crippen LogP contribution in [0.4, 0.5) is 14.5 Å². The van der Waals surface area contributed by atoms with Crippen molar-refractivity contribution in [3.8, 4) is 0 Å². The van der Waals surface area contributed by atoms with E-state index in [1.807, 2.05) is 36.2 Å². The van der Waals surface area contributed by atoms with Gasteiger partial charge in [-0.15, -0.1) is 0 Å². The molecular weight excluding hydrogens is 440 g/mol. The molecule has 4 nitrogen and oxygen atoms in total. The lowest BCUT2D eigenvalue weighted by Crippen LogP contribution is -2.30. The van der Waals surface area contributed by atoms with Crippen LogP contribution in [0.3, 0.4) is 0 Å². The second-order valence-electron chi connectivity index (χ2n) is 8.08. The maximum atomic E-state index is 14.1. The zero-order valence-corrected chi connectivity index (χ0v) is 19.6. The summed E-state index contributed by atoms with van der Waals surface area (Å²) in [4.78, 5) is 16.3. The topological polar surface area (TPSA) is 44.4 Å². The number of dihydropyridines is 1. The van der Waals surface area contributed by atoms with E-state index in [0.29, 0.717) is 5.69 Å². The minimum atomic E-state index is -0.996. The van der Waals surface area contributed by atoms with Crippen LogP contribution < -0.4 is 10.6 Å². The van der Waals surface area contributed by atoms with Gasteiger partial charge in [0, 0.05) is 29.7 Å². The van der Waals surface area contributed by atoms with Gasteiger partial charge in [-0.3, -0.25) is 4.79 Å². The van der Waals surface area contributed by atoms with E-state index in [4.69, 9.17) is 0 Å². The predicted molar refractivity (Wildman–Crippen MR) is 132 cm³/mol. The van der Waals surface area contributed by atoms with Crippen LogP contribution in [0.2, 0.25) is 0 Å². The van der Waals surface area contributed by atoms with E-state index in [2.05, 4.69) is 35.2 Å². The fourth-order valence-corrected chi connectivity index (χ4v) is 5.86. The third-order valence-electron chi connectivity index (χ3n) is 5.98. The fourth-order valence-electron chi connectivity index (χ4n) is 4.39. The van der Waals surface area contributed by atoms with Crippen molar-refractivity contribution in [3.63, 3.8) is 0 Å². The van der Waals surface area contributed by atoms with Gasteiger partial charge in [-0.2, -0.15) is 0 Å². The van der Waals surface area contributed by atoms with Crippen LogP contribution in [-0.2, 0) is 11.2 Å². The molecule has 2 aliphatic heterocycles. The van der Waals surface area contributed by atoms with Crippen molar-refractivity contribution in [1.29, 1.82) is 0 Å². The summed E-state index contributed by atoms with van der Waals surface area (Å²) in [6.07, 6.45) is 10.9. The molecule has 3 aliphatic rings. The largest absolute Gasteiger partial charge is 0.387 e. The summed E-state index contributed by atoms with van der Waals surface area (Å²) in [6.45, 7) is 5.54. The fraction of sp³-hybridized carbons (Fsp3) is 0.269. The molecule has 1 amide bonds. The Kier molecular flexibility index (Phi) is 6.88. The Morgan fingerprint density at radius 1 is 1.33 bits per heavy atom. The van der Waals surface area contributed by atoms with Crippen LogP contribution in [0.1, 0.15) is 30.9 Å². The molecule has 7 heteroatoms. The number of thioether (sulfide) groups is 1. The highest BCUT2D eigenvalue weighted by Gasteiger charge is 2.35. The van der Waals surface area contributed by atoms with Crippen molar-refractivity contribution in [1.82, 2.24) is 10.2 Å². The molecule has 1 unspecified atom stereocenters. The monoisotopic (exact) mass is 467 g/mol. The SMILES string of the molecule is C=C/C(F)=C(C(=O)Nc1ccc2c(c1)CCCC1=C2N(C)C(C2=CC=CNC2)S1)\C(F)=C/C. The maximum Gasteiger partial charge on any atom is 0.261 e. The summed E-state index contributed by atoms with van der Waals surface area (Å²) >= 11 is 1.90. The number of halogens is 2. The van der Waals surface area contributed by atoms with Gasteiger partial charge < -0.3 is 15.5 Å². The zero-order valence-electron chi connectivity index (χ0n) is 18.8. The van der Waals surface area contributed by atoms with Gasteiger partial charge in [0.2, 0.25) is 0 Å². The van der Waals surface area contributed by atoms with Crippen LogP contribution >= 0.6 is 11.8 Å². The van der Waals surface area contributed by atoms with E-state index in [0.717, 1.165) is 49.1 Å². The molecule has 0 bridgehead atoms. The number of anilines is 1. The maximum absolute atomic E-state index is 14.1. The lowest BCUT2D eigenvalue weighted by molar-refractivity contribution is -0.112. The van der Waals surface area contributed by atoms with E-state index in [9.17, 15) is 13.6 Å². The molecule has 0 fully saturated rings. The average Bonchev–Trinajstić information content (AvgIpc) is 3.04. The molecule has 33 heavy (non-hydrogen) atoms. The second kappa shape index (κ2) is 9.83. The Morgan fingerprint density at radius 2 is 2.15 bits per heavy atom. The van der Waals surface area contributed by atoms with Gasteiger partial charge in [0.05, 0.1) is 5.70 Å². The Labute approximate surface area is 197 Å². The van der Waals surface area contributed by atoms with E-state index < -0.39 is 23.1 Å². The summed E-state index contributed by atoms with van der Waals surface area (Å²) in [7, 11) is 2.12. The van der Waals surface area contributed by atoms with Crippen molar-refractivity contribution in [2.24, 2.45) is 0 Å². The molecule has 4 rings (SSSR count). The molecule has 0 spiro atoms. The number of hydrogen-bond donors (Lipinski definition) is 2. The first-order valence-corrected chi connectivity index (χ1v) is 11.8. The van der Waals surface area contributed by atoms with Gasteiger partial charge in [-0.1, -0.05) is 36.6 Å². The molecular formula is C26H27F2N3OS. The third-order valence-corrected chi connectivity index (χ3v) is 7.50. The number of hydrogen-bond acceptors (Lipinski definition) is 4. The first-order valence-electron chi connectivity index (χ1n) is 10.9. The summed E-state index contributed by atoms with van der Waals surface area (Å²) in [5.74, 6) is -2.76. The minimum absolute atomic E-state index is 0.246. The average molecular weight is 468 g/mol. The number of nitrogens with one attached hydrogen (secondary N) is 2. The number of carbonyl (C=O) groups is 1. The van der Waals surface area contributed by atoms with Crippen molar-refractivity contribution in [2.75, 3.05) is 18.9 Å². The van der Waals surface area contributed by atoms with Gasteiger partial charge in [0.15, 0.2) is 0 Å². The van der Waals surface area contributed by atoms with Crippen LogP contribution in [0.15, 0.2) is 83.0 Å². The third kappa shape index (κ3) is 4.55. The number of amides is 1. The molecule has 0 saturated carbocycles. The molecule has 1 aromatic carbocycles. The van der Waals surface area contributed by atoms with Crippen molar-refractivity contribution in [3.05, 3.63) is 94.1 Å². The van der Waals surface area contributed by atoms with Crippen LogP contribution in [0, 0.1) is 0 Å². The molecule has 1 atom stereocenters. The van der Waals surface area contributed by atoms with Crippen molar-refractivity contribution in [2.45, 2.75) is 31.6 Å². The summed E-state index contributed by atoms with van der Waals surface area (Å²) in [5.41, 5.74) is 4.68. The second-order valence-corrected chi connectivity index (χ2v) is 9.25. The number of nitrogens with zero attached hydrogens (tertiary/aromatic N) is 1. The van der Waals surface area contributed by atoms with Gasteiger partial charge in [0.25, 0.3) is 5.91 Å². The van der Waals surface area contributed by atoms with Crippen molar-refractivity contribution >= 4 is 29.1 Å². The predicted octanol–water partition coefficient (Wildman–Crippen LogP) is 5.96. The number of aryl methyl sites for hydroxylation is 1. The Balaban J connectivity index is 1.61. The molecule has 2 heterocycles. The first kappa shape index (κ1) is 23.1. The molecule has 0 aromatic heterocycles. The van der Waals surface area contributed by atoms with E-state index in [1.165, 1.54) is 23.1 Å². The summed E-state index contributed by atoms with van der Waals surface area (Å²) in [5, 5.41) is 6.18. The standard InChI is InChI=1S/C26H27F2N3OS/c1-4-20(27)23(21(28)5-2)25(32)30-18-11-12-19-16(14-18)8-6-10-22-24(19)31(3)26(33-22)17-9-7-13-29-15-17/h4-5,7,9,11-14,26,29H,1,6,8,10,15H2,2-3H3,(H,30,32)/b21-5+,23-20-. The summed E-state index contributed by atoms with van der Waals surface area (Å²) in [6, 6.07) is 5.70. The molecule has 2 N–H and O–H groups in total. The van der Waals surface area contributed by atoms with Gasteiger partial charge in [-0.25, -0.2) is 8.78 Å². The van der Waals surface area contributed by atoms with Gasteiger partial charge in [-0.05, 0) is 67.8 Å². The molecule has 0 radical (unpaired) electrons. The van der Waals surface area contributed by atoms with E-state index in [1.54, 1.807) is 6.07 Å². The minimum Gasteiger partial charge on any atom is -0.387 e. The highest BCUT2D eigenvalue weighted by atomic mass is 32.2. The molecule has 1 aromatic rings. The summed E-state index contributed by atoms with van der Waals surface area (Å²) < 4.78 is 28.2. The Bertz CT molecular complexity index is 1150. The van der Waals surface area contributed by atoms with Crippen LogP contribution in [0.5, 0.6) is 0 Å². The quantitative estimate of drug-likeness (QED) is 0.414. The van der Waals surface area contributed by atoms with Gasteiger partial charge >= 0.3 is 0 Å². The number of benzene rings is 1. The highest BCUT2D eigenvalue weighted by Crippen LogP contribution is 2.49. The lowest BCUT2D eigenvalue weighted by Gasteiger charge is -2.28. The number of allylic oxidation sites excluding steroid dienone is 6. The lowest BCUT2D eigenvalue weighted by atomic mass is 10.0. The number of fused-ring (bicyclic) bond motifs is 2. The normalized spacial score (nSPS) is 20.8. The van der Waals surface area contributed by atoms with Gasteiger partial charge in [0.1, 0.15) is 22.6 Å². The number of likely N-dealkylation sites (N-methyl/N-ethyl adjacent to an activating group) is 1. The first-order chi connectivity index (χ1) is 15.9. The number of carbonyl (C=O) groups excluding carboxylic acids is 1. The van der Waals surface area contributed by atoms with E-state index in [-0.39, 0.29) is 5.37 Å².